The van der Waals surface area contributed by atoms with Crippen molar-refractivity contribution in [1.29, 1.82) is 5.26 Å². The number of rotatable bonds is 3. The maximum atomic E-state index is 9.41. The molecular formula is C17H17N7S. The van der Waals surface area contributed by atoms with Gasteiger partial charge in [-0.25, -0.2) is 15.0 Å². The van der Waals surface area contributed by atoms with Crippen LogP contribution in [0.15, 0.2) is 11.2 Å². The van der Waals surface area contributed by atoms with Crippen molar-refractivity contribution in [2.45, 2.75) is 26.2 Å². The minimum atomic E-state index is 0.425. The van der Waals surface area contributed by atoms with E-state index in [9.17, 15) is 5.26 Å². The summed E-state index contributed by atoms with van der Waals surface area (Å²) in [7, 11) is 3.77. The molecule has 0 unspecified atom stereocenters. The molecule has 0 saturated heterocycles. The van der Waals surface area contributed by atoms with Crippen LogP contribution >= 0.6 is 11.3 Å². The highest BCUT2D eigenvalue weighted by Gasteiger charge is 2.24. The van der Waals surface area contributed by atoms with Crippen LogP contribution in [0.4, 0.5) is 5.82 Å². The number of nitriles is 1. The van der Waals surface area contributed by atoms with E-state index in [-0.39, 0.29) is 0 Å². The van der Waals surface area contributed by atoms with Gasteiger partial charge >= 0.3 is 0 Å². The summed E-state index contributed by atoms with van der Waals surface area (Å²) in [6.07, 6.45) is 6.51. The van der Waals surface area contributed by atoms with Gasteiger partial charge in [-0.2, -0.15) is 15.0 Å². The molecule has 0 atom stereocenters. The Kier molecular flexibility index (Phi) is 3.73. The maximum Gasteiger partial charge on any atom is 0.176 e. The van der Waals surface area contributed by atoms with Crippen LogP contribution in [0.5, 0.6) is 0 Å². The Hall–Kier alpha value is -2.79. The van der Waals surface area contributed by atoms with Crippen LogP contribution in [0.3, 0.4) is 0 Å². The zero-order valence-electron chi connectivity index (χ0n) is 14.3. The SMILES string of the molecule is Cc1nc(-n2ncc(C#N)c2N=CN(C)C)c2c3c(sc2n1)CCC3. The molecule has 3 aromatic rings. The highest BCUT2D eigenvalue weighted by atomic mass is 32.1. The third-order valence-electron chi connectivity index (χ3n) is 4.13. The van der Waals surface area contributed by atoms with E-state index in [4.69, 9.17) is 0 Å². The summed E-state index contributed by atoms with van der Waals surface area (Å²) < 4.78 is 1.67. The first kappa shape index (κ1) is 15.7. The lowest BCUT2D eigenvalue weighted by Crippen LogP contribution is -2.08. The summed E-state index contributed by atoms with van der Waals surface area (Å²) in [5, 5.41) is 14.9. The van der Waals surface area contributed by atoms with E-state index in [0.717, 1.165) is 23.1 Å². The van der Waals surface area contributed by atoms with E-state index in [1.54, 1.807) is 22.4 Å². The van der Waals surface area contributed by atoms with Gasteiger partial charge in [-0.05, 0) is 31.7 Å². The van der Waals surface area contributed by atoms with Crippen molar-refractivity contribution in [3.05, 3.63) is 28.0 Å². The van der Waals surface area contributed by atoms with Crippen molar-refractivity contribution < 1.29 is 0 Å². The third-order valence-corrected chi connectivity index (χ3v) is 5.32. The molecule has 126 valence electrons. The van der Waals surface area contributed by atoms with Crippen LogP contribution in [0.1, 0.15) is 28.2 Å². The number of hydrogen-bond donors (Lipinski definition) is 0. The Morgan fingerprint density at radius 3 is 2.96 bits per heavy atom. The van der Waals surface area contributed by atoms with Crippen molar-refractivity contribution in [2.24, 2.45) is 4.99 Å². The highest BCUT2D eigenvalue weighted by molar-refractivity contribution is 7.19. The predicted octanol–water partition coefficient (Wildman–Crippen LogP) is 2.77. The average Bonchev–Trinajstić information content (AvgIpc) is 3.24. The average molecular weight is 351 g/mol. The zero-order chi connectivity index (χ0) is 17.6. The Labute approximate surface area is 149 Å². The molecule has 25 heavy (non-hydrogen) atoms. The minimum Gasteiger partial charge on any atom is -0.369 e. The van der Waals surface area contributed by atoms with Crippen molar-refractivity contribution in [3.63, 3.8) is 0 Å². The molecule has 7 nitrogen and oxygen atoms in total. The predicted molar refractivity (Wildman–Crippen MR) is 97.9 cm³/mol. The lowest BCUT2D eigenvalue weighted by molar-refractivity contribution is 0.642. The maximum absolute atomic E-state index is 9.41. The van der Waals surface area contributed by atoms with Gasteiger partial charge < -0.3 is 4.90 Å². The molecule has 0 fully saturated rings. The minimum absolute atomic E-state index is 0.425. The van der Waals surface area contributed by atoms with E-state index in [1.807, 2.05) is 25.9 Å². The van der Waals surface area contributed by atoms with Gasteiger partial charge in [0.2, 0.25) is 0 Å². The smallest absolute Gasteiger partial charge is 0.176 e. The molecule has 0 radical (unpaired) electrons. The Morgan fingerprint density at radius 1 is 1.36 bits per heavy atom. The number of hydrogen-bond acceptors (Lipinski definition) is 6. The molecule has 3 heterocycles. The molecule has 0 amide bonds. The van der Waals surface area contributed by atoms with Crippen molar-refractivity contribution in [2.75, 3.05) is 14.1 Å². The molecule has 0 N–H and O–H groups in total. The van der Waals surface area contributed by atoms with E-state index in [2.05, 4.69) is 26.1 Å². The molecule has 3 aromatic heterocycles. The summed E-state index contributed by atoms with van der Waals surface area (Å²) >= 11 is 1.74. The van der Waals surface area contributed by atoms with E-state index in [0.29, 0.717) is 23.0 Å². The third kappa shape index (κ3) is 2.57. The second-order valence-electron chi connectivity index (χ2n) is 6.25. The first-order valence-corrected chi connectivity index (χ1v) is 8.88. The molecule has 8 heteroatoms. The summed E-state index contributed by atoms with van der Waals surface area (Å²) in [5.74, 6) is 1.90. The topological polar surface area (TPSA) is 83.0 Å². The van der Waals surface area contributed by atoms with Gasteiger partial charge in [-0.1, -0.05) is 0 Å². The van der Waals surface area contributed by atoms with E-state index in [1.165, 1.54) is 23.1 Å². The number of aromatic nitrogens is 4. The fraction of sp³-hybridized carbons (Fsp3) is 0.353. The lowest BCUT2D eigenvalue weighted by atomic mass is 10.2. The standard InChI is InChI=1S/C17H17N7S/c1-10-21-16(14-12-5-4-6-13(12)25-17(14)22-10)24-15(19-9-23(2)3)11(7-18)8-20-24/h8-9H,4-6H2,1-3H3. The van der Waals surface area contributed by atoms with Gasteiger partial charge in [0.1, 0.15) is 22.3 Å². The molecule has 0 aromatic carbocycles. The van der Waals surface area contributed by atoms with Gasteiger partial charge in [0.25, 0.3) is 0 Å². The van der Waals surface area contributed by atoms with Gasteiger partial charge in [-0.3, -0.25) is 0 Å². The largest absolute Gasteiger partial charge is 0.369 e. The molecule has 0 saturated carbocycles. The monoisotopic (exact) mass is 351 g/mol. The number of aryl methyl sites for hydroxylation is 3. The first-order valence-electron chi connectivity index (χ1n) is 8.06. The fourth-order valence-corrected chi connectivity index (χ4v) is 4.41. The quantitative estimate of drug-likeness (QED) is 0.535. The molecule has 1 aliphatic carbocycles. The van der Waals surface area contributed by atoms with Crippen molar-refractivity contribution in [3.8, 4) is 11.9 Å². The van der Waals surface area contributed by atoms with Gasteiger partial charge in [-0.15, -0.1) is 11.3 Å². The summed E-state index contributed by atoms with van der Waals surface area (Å²) in [6.45, 7) is 1.88. The molecule has 0 aliphatic heterocycles. The summed E-state index contributed by atoms with van der Waals surface area (Å²) in [4.78, 5) is 17.9. The van der Waals surface area contributed by atoms with Crippen LogP contribution in [-0.4, -0.2) is 45.1 Å². The number of thiophene rings is 1. The van der Waals surface area contributed by atoms with Crippen LogP contribution < -0.4 is 0 Å². The normalized spacial score (nSPS) is 13.5. The van der Waals surface area contributed by atoms with Crippen LogP contribution in [0, 0.1) is 18.3 Å². The van der Waals surface area contributed by atoms with Crippen molar-refractivity contribution in [1.82, 2.24) is 24.6 Å². The zero-order valence-corrected chi connectivity index (χ0v) is 15.1. The van der Waals surface area contributed by atoms with E-state index < -0.39 is 0 Å². The summed E-state index contributed by atoms with van der Waals surface area (Å²) in [5.41, 5.74) is 1.75. The lowest BCUT2D eigenvalue weighted by Gasteiger charge is -2.08. The molecular weight excluding hydrogens is 334 g/mol. The highest BCUT2D eigenvalue weighted by Crippen LogP contribution is 2.39. The second kappa shape index (κ2) is 5.93. The van der Waals surface area contributed by atoms with Gasteiger partial charge in [0.15, 0.2) is 11.6 Å². The van der Waals surface area contributed by atoms with Crippen LogP contribution in [-0.2, 0) is 12.8 Å². The first-order chi connectivity index (χ1) is 12.1. The summed E-state index contributed by atoms with van der Waals surface area (Å²) in [6, 6.07) is 2.16. The number of fused-ring (bicyclic) bond motifs is 3. The Morgan fingerprint density at radius 2 is 2.20 bits per heavy atom. The van der Waals surface area contributed by atoms with E-state index >= 15 is 0 Å². The second-order valence-corrected chi connectivity index (χ2v) is 7.33. The van der Waals surface area contributed by atoms with Gasteiger partial charge in [0, 0.05) is 19.0 Å². The van der Waals surface area contributed by atoms with Gasteiger partial charge in [0.05, 0.1) is 17.9 Å². The Bertz CT molecular complexity index is 1040. The molecule has 1 aliphatic rings. The van der Waals surface area contributed by atoms with Crippen LogP contribution in [0.2, 0.25) is 0 Å². The molecule has 0 spiro atoms. The fourth-order valence-electron chi connectivity index (χ4n) is 3.10. The number of aliphatic imine (C=N–C) groups is 1. The number of nitrogens with zero attached hydrogens (tertiary/aromatic N) is 7. The Balaban J connectivity index is 2.00. The molecule has 0 bridgehead atoms. The van der Waals surface area contributed by atoms with Crippen molar-refractivity contribution >= 4 is 33.7 Å². The molecule has 4 rings (SSSR count). The van der Waals surface area contributed by atoms with Crippen LogP contribution in [0.25, 0.3) is 16.0 Å².